The summed E-state index contributed by atoms with van der Waals surface area (Å²) in [6, 6.07) is 26.5. The van der Waals surface area contributed by atoms with E-state index in [0.717, 1.165) is 45.1 Å². The van der Waals surface area contributed by atoms with Crippen molar-refractivity contribution in [3.63, 3.8) is 0 Å². The Labute approximate surface area is 203 Å². The van der Waals surface area contributed by atoms with Crippen molar-refractivity contribution in [2.24, 2.45) is 0 Å². The Hall–Kier alpha value is -2.42. The fourth-order valence-electron chi connectivity index (χ4n) is 4.34. The van der Waals surface area contributed by atoms with Crippen molar-refractivity contribution in [2.45, 2.75) is 29.7 Å². The van der Waals surface area contributed by atoms with Crippen LogP contribution in [0.2, 0.25) is 11.4 Å². The van der Waals surface area contributed by atoms with Crippen LogP contribution < -0.4 is 14.5 Å². The summed E-state index contributed by atoms with van der Waals surface area (Å²) in [5.41, 5.74) is 11.4. The van der Waals surface area contributed by atoms with Crippen LogP contribution in [0.3, 0.4) is 0 Å². The van der Waals surface area contributed by atoms with Crippen LogP contribution in [-0.4, -0.2) is 48.1 Å². The van der Waals surface area contributed by atoms with E-state index in [0.29, 0.717) is 0 Å². The van der Waals surface area contributed by atoms with Crippen LogP contribution in [0.5, 0.6) is 5.75 Å². The first-order valence-corrected chi connectivity index (χ1v) is 16.7. The third-order valence-corrected chi connectivity index (χ3v) is 8.04. The van der Waals surface area contributed by atoms with Crippen LogP contribution in [0.25, 0.3) is 0 Å². The average Bonchev–Trinajstić information content (AvgIpc) is 2.84. The van der Waals surface area contributed by atoms with Gasteiger partial charge in [0.2, 0.25) is 0 Å². The summed E-state index contributed by atoms with van der Waals surface area (Å²) < 4.78 is 11.0. The van der Waals surface area contributed by atoms with E-state index in [1.165, 1.54) is 33.3 Å². The summed E-state index contributed by atoms with van der Waals surface area (Å²) in [7, 11) is 1.73. The molecule has 0 aliphatic carbocycles. The third-order valence-electron chi connectivity index (χ3n) is 5.94. The van der Waals surface area contributed by atoms with Gasteiger partial charge in [-0.1, -0.05) is 0 Å². The Morgan fingerprint density at radius 3 is 2.24 bits per heavy atom. The second-order valence-corrected chi connectivity index (χ2v) is 14.1. The molecule has 4 nitrogen and oxygen atoms in total. The number of hydrogen-bond acceptors (Lipinski definition) is 4. The van der Waals surface area contributed by atoms with E-state index in [4.69, 9.17) is 9.47 Å². The third kappa shape index (κ3) is 6.79. The summed E-state index contributed by atoms with van der Waals surface area (Å²) in [4.78, 5) is 4.91. The molecule has 0 unspecified atom stereocenters. The number of ether oxygens (including phenoxy) is 2. The zero-order chi connectivity index (χ0) is 23.0. The summed E-state index contributed by atoms with van der Waals surface area (Å²) >= 11 is -0.737. The predicted octanol–water partition coefficient (Wildman–Crippen LogP) is 5.57. The maximum absolute atomic E-state index is 5.54. The molecule has 0 atom stereocenters. The molecule has 5 heteroatoms. The van der Waals surface area contributed by atoms with Crippen LogP contribution in [0, 0.1) is 0 Å². The van der Waals surface area contributed by atoms with Crippen LogP contribution in [0.4, 0.5) is 11.4 Å². The second kappa shape index (κ2) is 11.6. The molecular weight excluding hydrogens is 471 g/mol. The van der Waals surface area contributed by atoms with Crippen molar-refractivity contribution in [1.82, 2.24) is 0 Å². The molecule has 1 heterocycles. The maximum atomic E-state index is 5.54. The Bertz CT molecular complexity index is 1030. The van der Waals surface area contributed by atoms with Crippen LogP contribution in [0.1, 0.15) is 16.7 Å². The summed E-state index contributed by atoms with van der Waals surface area (Å²) in [6.07, 6.45) is 0. The van der Waals surface area contributed by atoms with Gasteiger partial charge in [-0.05, 0) is 0 Å². The predicted molar refractivity (Wildman–Crippen MR) is 140 cm³/mol. The van der Waals surface area contributed by atoms with Crippen molar-refractivity contribution in [3.05, 3.63) is 89.5 Å². The molecule has 0 saturated carbocycles. The van der Waals surface area contributed by atoms with Crippen molar-refractivity contribution >= 4 is 26.0 Å². The van der Waals surface area contributed by atoms with Crippen LogP contribution in [0.15, 0.2) is 72.8 Å². The summed E-state index contributed by atoms with van der Waals surface area (Å²) in [6.45, 7) is 5.22. The van der Waals surface area contributed by atoms with E-state index in [1.807, 2.05) is 6.07 Å². The van der Waals surface area contributed by atoms with Gasteiger partial charge in [-0.25, -0.2) is 0 Å². The standard InChI is InChI=1S/C28H35AsN2O2/c1-29(2)20-23-7-4-11-27(17-23)31(22-25-9-6-12-28(19-25)32-3)21-24-8-5-10-26(18-24)30-13-15-33-16-14-30/h4-12,17-19H,13-16,20-22H2,1-3H3. The molecule has 1 saturated heterocycles. The second-order valence-electron chi connectivity index (χ2n) is 8.88. The van der Waals surface area contributed by atoms with Crippen molar-refractivity contribution in [1.29, 1.82) is 0 Å². The van der Waals surface area contributed by atoms with Crippen molar-refractivity contribution in [2.75, 3.05) is 43.2 Å². The molecule has 174 valence electrons. The first-order chi connectivity index (χ1) is 16.1. The van der Waals surface area contributed by atoms with Crippen LogP contribution in [-0.2, 0) is 23.0 Å². The van der Waals surface area contributed by atoms with Gasteiger partial charge in [-0.15, -0.1) is 0 Å². The topological polar surface area (TPSA) is 24.9 Å². The van der Waals surface area contributed by atoms with Gasteiger partial charge in [-0.3, -0.25) is 0 Å². The molecule has 0 bridgehead atoms. The molecule has 0 N–H and O–H groups in total. The SMILES string of the molecule is COc1cccc(CN(Cc2cccc(N3CCOCC3)c2)c2cccc(C[As](C)C)c2)c1. The van der Waals surface area contributed by atoms with E-state index in [9.17, 15) is 0 Å². The minimum atomic E-state index is -0.737. The van der Waals surface area contributed by atoms with E-state index in [2.05, 4.69) is 88.0 Å². The van der Waals surface area contributed by atoms with E-state index in [1.54, 1.807) is 7.11 Å². The Kier molecular flexibility index (Phi) is 8.36. The molecule has 1 aliphatic rings. The van der Waals surface area contributed by atoms with E-state index < -0.39 is 14.7 Å². The molecule has 0 aromatic heterocycles. The fraction of sp³-hybridized carbons (Fsp3) is 0.357. The molecule has 33 heavy (non-hydrogen) atoms. The van der Waals surface area contributed by atoms with Gasteiger partial charge < -0.3 is 4.74 Å². The Morgan fingerprint density at radius 1 is 0.848 bits per heavy atom. The van der Waals surface area contributed by atoms with Crippen molar-refractivity contribution < 1.29 is 9.47 Å². The first-order valence-electron chi connectivity index (χ1n) is 11.6. The molecule has 1 aliphatic heterocycles. The monoisotopic (exact) mass is 506 g/mol. The molecule has 0 amide bonds. The molecule has 3 aromatic rings. The zero-order valence-corrected chi connectivity index (χ0v) is 21.9. The van der Waals surface area contributed by atoms with Gasteiger partial charge in [0, 0.05) is 0 Å². The molecule has 0 radical (unpaired) electrons. The number of benzene rings is 3. The average molecular weight is 507 g/mol. The number of methoxy groups -OCH3 is 1. The first kappa shape index (κ1) is 23.7. The van der Waals surface area contributed by atoms with Gasteiger partial charge in [0.1, 0.15) is 0 Å². The zero-order valence-electron chi connectivity index (χ0n) is 20.0. The van der Waals surface area contributed by atoms with Gasteiger partial charge in [0.15, 0.2) is 0 Å². The molecule has 3 aromatic carbocycles. The van der Waals surface area contributed by atoms with E-state index >= 15 is 0 Å². The van der Waals surface area contributed by atoms with Gasteiger partial charge >= 0.3 is 199 Å². The normalized spacial score (nSPS) is 13.9. The number of morpholine rings is 1. The number of hydrogen-bond donors (Lipinski definition) is 0. The summed E-state index contributed by atoms with van der Waals surface area (Å²) in [5.74, 6) is 0.904. The molecule has 1 fully saturated rings. The number of anilines is 2. The number of rotatable bonds is 9. The molecular formula is C28H35AsN2O2. The molecule has 0 spiro atoms. The Morgan fingerprint density at radius 2 is 1.52 bits per heavy atom. The van der Waals surface area contributed by atoms with Crippen molar-refractivity contribution in [3.8, 4) is 5.75 Å². The van der Waals surface area contributed by atoms with Gasteiger partial charge in [0.25, 0.3) is 0 Å². The van der Waals surface area contributed by atoms with Crippen LogP contribution >= 0.6 is 0 Å². The quantitative estimate of drug-likeness (QED) is 0.354. The van der Waals surface area contributed by atoms with E-state index in [-0.39, 0.29) is 0 Å². The van der Waals surface area contributed by atoms with Gasteiger partial charge in [0.05, 0.1) is 0 Å². The number of nitrogens with zero attached hydrogens (tertiary/aromatic N) is 2. The summed E-state index contributed by atoms with van der Waals surface area (Å²) in [5, 5.41) is 1.24. The molecule has 4 rings (SSSR count). The fourth-order valence-corrected chi connectivity index (χ4v) is 6.28. The van der Waals surface area contributed by atoms with Gasteiger partial charge in [-0.2, -0.15) is 0 Å². The minimum absolute atomic E-state index is 0.737. The Balaban J connectivity index is 1.61.